The van der Waals surface area contributed by atoms with Crippen LogP contribution in [-0.4, -0.2) is 23.1 Å². The van der Waals surface area contributed by atoms with Gasteiger partial charge in [-0.15, -0.1) is 0 Å². The Morgan fingerprint density at radius 1 is 0.550 bits per heavy atom. The van der Waals surface area contributed by atoms with Gasteiger partial charge in [0.1, 0.15) is 6.10 Å². The number of hydrogen-bond acceptors (Lipinski definition) is 3. The number of carbonyl (C=O) groups is 2. The Bertz CT molecular complexity index is 689. The van der Waals surface area contributed by atoms with Gasteiger partial charge >= 0.3 is 11.9 Å². The Hall–Kier alpha value is -2.10. The summed E-state index contributed by atoms with van der Waals surface area (Å²) < 4.78 is 5.85. The quantitative estimate of drug-likeness (QED) is 0.0563. The topological polar surface area (TPSA) is 63.6 Å². The molecule has 1 atom stereocenters. The van der Waals surface area contributed by atoms with Gasteiger partial charge in [0.05, 0.1) is 0 Å². The van der Waals surface area contributed by atoms with Crippen LogP contribution in [0.1, 0.15) is 162 Å². The second-order valence-electron chi connectivity index (χ2n) is 11.0. The summed E-state index contributed by atoms with van der Waals surface area (Å²) in [5.74, 6) is -0.751. The molecule has 1 N–H and O–H groups in total. The fourth-order valence-electron chi connectivity index (χ4n) is 4.58. The number of allylic oxidation sites excluding steroid dienone is 8. The van der Waals surface area contributed by atoms with Crippen LogP contribution in [0.5, 0.6) is 0 Å². The molecule has 0 heterocycles. The average Bonchev–Trinajstić information content (AvgIpc) is 2.93. The van der Waals surface area contributed by atoms with Gasteiger partial charge in [-0.3, -0.25) is 9.59 Å². The first-order valence-electron chi connectivity index (χ1n) is 16.6. The van der Waals surface area contributed by atoms with E-state index >= 15 is 0 Å². The van der Waals surface area contributed by atoms with Crippen LogP contribution in [0.25, 0.3) is 0 Å². The Morgan fingerprint density at radius 2 is 0.975 bits per heavy atom. The molecule has 0 rings (SSSR count). The van der Waals surface area contributed by atoms with Crippen LogP contribution in [0, 0.1) is 0 Å². The number of ether oxygens (including phenoxy) is 1. The number of carboxylic acids is 1. The molecule has 4 nitrogen and oxygen atoms in total. The third-order valence-corrected chi connectivity index (χ3v) is 7.05. The van der Waals surface area contributed by atoms with Crippen LogP contribution >= 0.6 is 0 Å². The third kappa shape index (κ3) is 30.4. The molecule has 0 amide bonds. The van der Waals surface area contributed by atoms with Crippen LogP contribution in [0.2, 0.25) is 0 Å². The zero-order valence-electron chi connectivity index (χ0n) is 26.1. The number of hydrogen-bond donors (Lipinski definition) is 1. The highest BCUT2D eigenvalue weighted by molar-refractivity contribution is 5.69. The molecule has 40 heavy (non-hydrogen) atoms. The van der Waals surface area contributed by atoms with Gasteiger partial charge in [0.15, 0.2) is 0 Å². The minimum absolute atomic E-state index is 0.0410. The molecule has 0 spiro atoms. The molecule has 0 aromatic heterocycles. The first-order valence-corrected chi connectivity index (χ1v) is 16.6. The van der Waals surface area contributed by atoms with Crippen molar-refractivity contribution in [3.05, 3.63) is 48.6 Å². The molecule has 0 bridgehead atoms. The highest BCUT2D eigenvalue weighted by Crippen LogP contribution is 2.17. The van der Waals surface area contributed by atoms with Gasteiger partial charge in [0, 0.05) is 12.8 Å². The van der Waals surface area contributed by atoms with Crippen molar-refractivity contribution in [2.75, 3.05) is 0 Å². The molecular weight excluding hydrogens is 496 g/mol. The normalized spacial score (nSPS) is 12.8. The molecule has 0 saturated carbocycles. The van der Waals surface area contributed by atoms with Gasteiger partial charge in [0.25, 0.3) is 0 Å². The first-order chi connectivity index (χ1) is 19.6. The van der Waals surface area contributed by atoms with E-state index in [1.54, 1.807) is 0 Å². The van der Waals surface area contributed by atoms with Crippen molar-refractivity contribution in [2.24, 2.45) is 0 Å². The maximum absolute atomic E-state index is 12.4. The van der Waals surface area contributed by atoms with E-state index in [1.165, 1.54) is 38.5 Å². The van der Waals surface area contributed by atoms with Crippen molar-refractivity contribution in [1.82, 2.24) is 0 Å². The molecule has 4 heteroatoms. The summed E-state index contributed by atoms with van der Waals surface area (Å²) in [5.41, 5.74) is 0. The number of aliphatic carboxylic acids is 1. The van der Waals surface area contributed by atoms with Crippen molar-refractivity contribution >= 4 is 11.9 Å². The number of unbranched alkanes of at least 4 members (excludes halogenated alkanes) is 12. The number of carbonyl (C=O) groups excluding carboxylic acids is 1. The summed E-state index contributed by atoms with van der Waals surface area (Å²) in [6.45, 7) is 4.44. The van der Waals surface area contributed by atoms with E-state index in [-0.39, 0.29) is 18.5 Å². The summed E-state index contributed by atoms with van der Waals surface area (Å²) in [4.78, 5) is 23.0. The lowest BCUT2D eigenvalue weighted by Gasteiger charge is -2.18. The molecule has 0 saturated heterocycles. The van der Waals surface area contributed by atoms with Crippen LogP contribution < -0.4 is 0 Å². The first kappa shape index (κ1) is 37.9. The predicted octanol–water partition coefficient (Wildman–Crippen LogP) is 11.2. The van der Waals surface area contributed by atoms with E-state index in [4.69, 9.17) is 9.84 Å². The Balaban J connectivity index is 3.84. The summed E-state index contributed by atoms with van der Waals surface area (Å²) in [5, 5.41) is 8.72. The highest BCUT2D eigenvalue weighted by Gasteiger charge is 2.14. The van der Waals surface area contributed by atoms with Crippen LogP contribution in [0.4, 0.5) is 0 Å². The van der Waals surface area contributed by atoms with Gasteiger partial charge in [-0.25, -0.2) is 0 Å². The van der Waals surface area contributed by atoms with Gasteiger partial charge in [-0.1, -0.05) is 114 Å². The molecule has 0 aliphatic rings. The molecule has 0 fully saturated rings. The lowest BCUT2D eigenvalue weighted by molar-refractivity contribution is -0.150. The largest absolute Gasteiger partial charge is 0.481 e. The Labute approximate surface area is 247 Å². The van der Waals surface area contributed by atoms with E-state index in [9.17, 15) is 9.59 Å². The van der Waals surface area contributed by atoms with E-state index < -0.39 is 5.97 Å². The SMILES string of the molecule is CCCCC/C=C\C/C=C\C/C=C\C/C=C\CCCCCC(=O)OC(CCCCC)CCCCCCCC(=O)O. The fraction of sp³-hybridized carbons (Fsp3) is 0.722. The maximum Gasteiger partial charge on any atom is 0.306 e. The molecule has 0 radical (unpaired) electrons. The smallest absolute Gasteiger partial charge is 0.306 e. The standard InChI is InChI=1S/C36H62O4/c1-3-5-7-8-9-10-11-12-13-14-15-16-17-18-19-20-21-25-29-33-36(39)40-34(30-26-6-4-2)31-27-23-22-24-28-32-35(37)38/h9-10,12-13,15-16,18-19,34H,3-8,11,14,17,20-33H2,1-2H3,(H,37,38)/b10-9-,13-12-,16-15-,19-18-. The van der Waals surface area contributed by atoms with E-state index in [0.29, 0.717) is 6.42 Å². The van der Waals surface area contributed by atoms with Crippen molar-refractivity contribution in [3.8, 4) is 0 Å². The average molecular weight is 559 g/mol. The summed E-state index contributed by atoms with van der Waals surface area (Å²) in [6, 6.07) is 0. The number of carboxylic acid groups (broad SMARTS) is 1. The van der Waals surface area contributed by atoms with Gasteiger partial charge in [-0.2, -0.15) is 0 Å². The minimum atomic E-state index is -0.710. The molecule has 0 aromatic rings. The lowest BCUT2D eigenvalue weighted by atomic mass is 10.0. The van der Waals surface area contributed by atoms with Gasteiger partial charge in [0.2, 0.25) is 0 Å². The predicted molar refractivity (Wildman–Crippen MR) is 172 cm³/mol. The van der Waals surface area contributed by atoms with Gasteiger partial charge < -0.3 is 9.84 Å². The van der Waals surface area contributed by atoms with Crippen LogP contribution in [-0.2, 0) is 14.3 Å². The molecule has 1 unspecified atom stereocenters. The van der Waals surface area contributed by atoms with E-state index in [2.05, 4.69) is 62.5 Å². The molecular formula is C36H62O4. The van der Waals surface area contributed by atoms with E-state index in [0.717, 1.165) is 96.3 Å². The van der Waals surface area contributed by atoms with Crippen molar-refractivity contribution in [2.45, 2.75) is 168 Å². The molecule has 0 aliphatic carbocycles. The van der Waals surface area contributed by atoms with Gasteiger partial charge in [-0.05, 0) is 83.5 Å². The van der Waals surface area contributed by atoms with Crippen LogP contribution in [0.3, 0.4) is 0 Å². The number of rotatable bonds is 29. The zero-order valence-corrected chi connectivity index (χ0v) is 26.1. The van der Waals surface area contributed by atoms with Crippen molar-refractivity contribution in [3.63, 3.8) is 0 Å². The third-order valence-electron chi connectivity index (χ3n) is 7.05. The zero-order chi connectivity index (χ0) is 29.4. The lowest BCUT2D eigenvalue weighted by Crippen LogP contribution is -2.18. The second kappa shape index (κ2) is 31.4. The number of esters is 1. The highest BCUT2D eigenvalue weighted by atomic mass is 16.5. The van der Waals surface area contributed by atoms with E-state index in [1.807, 2.05) is 0 Å². The summed E-state index contributed by atoms with van der Waals surface area (Å²) in [7, 11) is 0. The molecule has 0 aromatic carbocycles. The Morgan fingerprint density at radius 3 is 1.55 bits per heavy atom. The Kier molecular flexibility index (Phi) is 29.8. The second-order valence-corrected chi connectivity index (χ2v) is 11.0. The molecule has 230 valence electrons. The van der Waals surface area contributed by atoms with Crippen LogP contribution in [0.15, 0.2) is 48.6 Å². The van der Waals surface area contributed by atoms with Crippen molar-refractivity contribution < 1.29 is 19.4 Å². The van der Waals surface area contributed by atoms with Crippen molar-refractivity contribution in [1.29, 1.82) is 0 Å². The minimum Gasteiger partial charge on any atom is -0.481 e. The monoisotopic (exact) mass is 558 g/mol. The summed E-state index contributed by atoms with van der Waals surface area (Å²) >= 11 is 0. The molecule has 0 aliphatic heterocycles. The fourth-order valence-corrected chi connectivity index (χ4v) is 4.58. The maximum atomic E-state index is 12.4. The summed E-state index contributed by atoms with van der Waals surface area (Å²) in [6.07, 6.45) is 41.4.